The van der Waals surface area contributed by atoms with Gasteiger partial charge in [0.2, 0.25) is 0 Å². The van der Waals surface area contributed by atoms with E-state index in [-0.39, 0.29) is 4.90 Å². The predicted molar refractivity (Wildman–Crippen MR) is 73.0 cm³/mol. The molecule has 4 heteroatoms. The summed E-state index contributed by atoms with van der Waals surface area (Å²) in [6.45, 7) is 0.308. The van der Waals surface area contributed by atoms with Gasteiger partial charge in [0.25, 0.3) is 10.1 Å². The lowest BCUT2D eigenvalue weighted by molar-refractivity contribution is 0.146. The molecule has 0 N–H and O–H groups in total. The third-order valence-corrected chi connectivity index (χ3v) is 5.48. The van der Waals surface area contributed by atoms with Crippen molar-refractivity contribution in [3.8, 4) is 0 Å². The molecule has 0 saturated heterocycles. The number of fused-ring (bicyclic) bond motifs is 2. The summed E-state index contributed by atoms with van der Waals surface area (Å²) in [5, 5.41) is 0. The second kappa shape index (κ2) is 5.10. The Hall–Kier alpha value is -1.13. The van der Waals surface area contributed by atoms with Crippen LogP contribution in [0.15, 0.2) is 47.4 Å². The summed E-state index contributed by atoms with van der Waals surface area (Å²) in [4.78, 5) is 0.242. The molecular formula is C15H18O3S. The van der Waals surface area contributed by atoms with E-state index < -0.39 is 10.1 Å². The normalized spacial score (nSPS) is 29.6. The van der Waals surface area contributed by atoms with Crippen molar-refractivity contribution in [2.24, 2.45) is 17.8 Å². The first-order valence-corrected chi connectivity index (χ1v) is 8.19. The fourth-order valence-corrected chi connectivity index (χ4v) is 4.06. The molecule has 1 aromatic carbocycles. The largest absolute Gasteiger partial charge is 0.296 e. The van der Waals surface area contributed by atoms with Crippen molar-refractivity contribution in [2.45, 2.75) is 24.2 Å². The summed E-state index contributed by atoms with van der Waals surface area (Å²) in [6, 6.07) is 8.36. The molecule has 0 radical (unpaired) electrons. The first kappa shape index (κ1) is 12.9. The van der Waals surface area contributed by atoms with Crippen molar-refractivity contribution in [2.75, 3.05) is 6.61 Å². The van der Waals surface area contributed by atoms with Crippen molar-refractivity contribution < 1.29 is 12.6 Å². The molecule has 0 heterocycles. The first-order valence-electron chi connectivity index (χ1n) is 6.78. The van der Waals surface area contributed by atoms with Crippen LogP contribution in [0.25, 0.3) is 0 Å². The number of benzene rings is 1. The van der Waals surface area contributed by atoms with Crippen LogP contribution in [-0.2, 0) is 14.3 Å². The van der Waals surface area contributed by atoms with Crippen molar-refractivity contribution in [3.05, 3.63) is 42.5 Å². The van der Waals surface area contributed by atoms with Gasteiger partial charge in [0.1, 0.15) is 0 Å². The Balaban J connectivity index is 1.65. The molecule has 3 aliphatic carbocycles. The molecule has 3 atom stereocenters. The van der Waals surface area contributed by atoms with Crippen molar-refractivity contribution in [1.29, 1.82) is 0 Å². The van der Waals surface area contributed by atoms with E-state index in [0.717, 1.165) is 6.42 Å². The van der Waals surface area contributed by atoms with Gasteiger partial charge in [0.05, 0.1) is 11.5 Å². The van der Waals surface area contributed by atoms with Gasteiger partial charge in [-0.1, -0.05) is 30.4 Å². The van der Waals surface area contributed by atoms with Crippen LogP contribution >= 0.6 is 0 Å². The molecule has 0 spiro atoms. The van der Waals surface area contributed by atoms with E-state index in [0.29, 0.717) is 24.4 Å². The highest BCUT2D eigenvalue weighted by atomic mass is 32.2. The second-order valence-electron chi connectivity index (χ2n) is 5.43. The zero-order valence-corrected chi connectivity index (χ0v) is 11.6. The fourth-order valence-electron chi connectivity index (χ4n) is 3.08. The van der Waals surface area contributed by atoms with Crippen LogP contribution in [0.4, 0.5) is 0 Å². The summed E-state index contributed by atoms with van der Waals surface area (Å²) < 4.78 is 29.3. The maximum absolute atomic E-state index is 12.0. The van der Waals surface area contributed by atoms with E-state index >= 15 is 0 Å². The molecule has 0 unspecified atom stereocenters. The van der Waals surface area contributed by atoms with Crippen molar-refractivity contribution in [1.82, 2.24) is 0 Å². The molecule has 4 rings (SSSR count). The van der Waals surface area contributed by atoms with Crippen LogP contribution in [0.5, 0.6) is 0 Å². The third-order valence-electron chi connectivity index (χ3n) is 4.18. The predicted octanol–water partition coefficient (Wildman–Crippen LogP) is 2.99. The zero-order chi connectivity index (χ0) is 13.3. The molecule has 19 heavy (non-hydrogen) atoms. The lowest BCUT2D eigenvalue weighted by Gasteiger charge is -2.37. The Kier molecular flexibility index (Phi) is 3.46. The summed E-state index contributed by atoms with van der Waals surface area (Å²) in [6.07, 6.45) is 7.98. The standard InChI is InChI=1S/C15H18O3S/c16-19(17,15-4-2-1-3-5-15)18-11-14-10-12-6-8-13(14)9-7-12/h1-6,8,12-14H,7,9-11H2/t12-,13+,14+/m0/s1. The van der Waals surface area contributed by atoms with Gasteiger partial charge in [-0.2, -0.15) is 8.42 Å². The van der Waals surface area contributed by atoms with Gasteiger partial charge >= 0.3 is 0 Å². The minimum Gasteiger partial charge on any atom is -0.266 e. The fraction of sp³-hybridized carbons (Fsp3) is 0.467. The van der Waals surface area contributed by atoms with E-state index in [1.165, 1.54) is 12.8 Å². The van der Waals surface area contributed by atoms with Gasteiger partial charge < -0.3 is 0 Å². The van der Waals surface area contributed by atoms with Gasteiger partial charge in [-0.15, -0.1) is 0 Å². The summed E-state index contributed by atoms with van der Waals surface area (Å²) in [5.74, 6) is 1.47. The summed E-state index contributed by atoms with van der Waals surface area (Å²) in [5.41, 5.74) is 0. The Morgan fingerprint density at radius 3 is 2.47 bits per heavy atom. The van der Waals surface area contributed by atoms with E-state index in [9.17, 15) is 8.42 Å². The minimum absolute atomic E-state index is 0.242. The van der Waals surface area contributed by atoms with Gasteiger partial charge in [0.15, 0.2) is 0 Å². The van der Waals surface area contributed by atoms with Crippen molar-refractivity contribution >= 4 is 10.1 Å². The lowest BCUT2D eigenvalue weighted by atomic mass is 9.69. The Labute approximate surface area is 114 Å². The SMILES string of the molecule is O=S(=O)(OC[C@H]1C[C@H]2C=C[C@@H]1CC2)c1ccccc1. The first-order chi connectivity index (χ1) is 9.15. The van der Waals surface area contributed by atoms with E-state index in [1.54, 1.807) is 30.3 Å². The Morgan fingerprint density at radius 1 is 1.11 bits per heavy atom. The molecule has 0 amide bonds. The van der Waals surface area contributed by atoms with Crippen LogP contribution in [0.3, 0.4) is 0 Å². The maximum Gasteiger partial charge on any atom is 0.296 e. The van der Waals surface area contributed by atoms with Crippen LogP contribution in [-0.4, -0.2) is 15.0 Å². The Morgan fingerprint density at radius 2 is 1.89 bits per heavy atom. The van der Waals surface area contributed by atoms with Gasteiger partial charge in [-0.3, -0.25) is 4.18 Å². The molecular weight excluding hydrogens is 260 g/mol. The minimum atomic E-state index is -3.60. The third kappa shape index (κ3) is 2.74. The van der Waals surface area contributed by atoms with Crippen LogP contribution in [0, 0.1) is 17.8 Å². The van der Waals surface area contributed by atoms with E-state index in [1.807, 2.05) is 0 Å². The molecule has 1 saturated carbocycles. The molecule has 3 aliphatic rings. The molecule has 102 valence electrons. The van der Waals surface area contributed by atoms with Gasteiger partial charge in [0, 0.05) is 0 Å². The number of rotatable bonds is 4. The second-order valence-corrected chi connectivity index (χ2v) is 7.05. The van der Waals surface area contributed by atoms with Gasteiger partial charge in [-0.25, -0.2) is 0 Å². The summed E-state index contributed by atoms with van der Waals surface area (Å²) >= 11 is 0. The highest BCUT2D eigenvalue weighted by Crippen LogP contribution is 2.40. The average Bonchev–Trinajstić information content (AvgIpc) is 2.47. The molecule has 0 aromatic heterocycles. The highest BCUT2D eigenvalue weighted by molar-refractivity contribution is 7.86. The zero-order valence-electron chi connectivity index (χ0n) is 10.7. The average molecular weight is 278 g/mol. The number of hydrogen-bond donors (Lipinski definition) is 0. The van der Waals surface area contributed by atoms with E-state index in [4.69, 9.17) is 4.18 Å². The van der Waals surface area contributed by atoms with E-state index in [2.05, 4.69) is 12.2 Å². The van der Waals surface area contributed by atoms with Crippen LogP contribution in [0.2, 0.25) is 0 Å². The number of allylic oxidation sites excluding steroid dienone is 2. The molecule has 1 aromatic rings. The molecule has 0 aliphatic heterocycles. The summed E-state index contributed by atoms with van der Waals surface area (Å²) in [7, 11) is -3.60. The van der Waals surface area contributed by atoms with Gasteiger partial charge in [-0.05, 0) is 49.1 Å². The van der Waals surface area contributed by atoms with Crippen LogP contribution in [0.1, 0.15) is 19.3 Å². The smallest absolute Gasteiger partial charge is 0.266 e. The monoisotopic (exact) mass is 278 g/mol. The topological polar surface area (TPSA) is 43.4 Å². The molecule has 1 fully saturated rings. The highest BCUT2D eigenvalue weighted by Gasteiger charge is 2.33. The number of hydrogen-bond acceptors (Lipinski definition) is 3. The maximum atomic E-state index is 12.0. The Bertz CT molecular complexity index is 562. The van der Waals surface area contributed by atoms with Crippen LogP contribution < -0.4 is 0 Å². The molecule has 3 nitrogen and oxygen atoms in total. The molecule has 2 bridgehead atoms. The van der Waals surface area contributed by atoms with Crippen molar-refractivity contribution in [3.63, 3.8) is 0 Å². The quantitative estimate of drug-likeness (QED) is 0.628. The lowest BCUT2D eigenvalue weighted by Crippen LogP contribution is -2.31.